The Hall–Kier alpha value is -2.11. The molecule has 0 aliphatic carbocycles. The van der Waals surface area contributed by atoms with Crippen LogP contribution in [0, 0.1) is 0 Å². The van der Waals surface area contributed by atoms with Crippen molar-refractivity contribution < 1.29 is 0 Å². The van der Waals surface area contributed by atoms with Crippen LogP contribution < -0.4 is 11.1 Å². The number of hydrogen-bond acceptors (Lipinski definition) is 5. The molecule has 2 aromatic heterocycles. The highest BCUT2D eigenvalue weighted by Crippen LogP contribution is 2.11. The molecule has 6 nitrogen and oxygen atoms in total. The maximum absolute atomic E-state index is 5.65. The molecule has 0 saturated carbocycles. The van der Waals surface area contributed by atoms with Gasteiger partial charge < -0.3 is 11.1 Å². The normalized spacial score (nSPS) is 10.0. The van der Waals surface area contributed by atoms with Crippen molar-refractivity contribution in [2.24, 2.45) is 0 Å². The molecule has 0 aliphatic heterocycles. The van der Waals surface area contributed by atoms with Gasteiger partial charge in [0.2, 0.25) is 0 Å². The molecule has 4 N–H and O–H groups in total. The maximum atomic E-state index is 5.65. The molecule has 0 aliphatic rings. The van der Waals surface area contributed by atoms with E-state index in [1.807, 2.05) is 6.07 Å². The second-order valence-electron chi connectivity index (χ2n) is 2.76. The van der Waals surface area contributed by atoms with Crippen molar-refractivity contribution in [2.45, 2.75) is 6.54 Å². The highest BCUT2D eigenvalue weighted by Gasteiger charge is 1.99. The molecule has 72 valence electrons. The molecule has 0 spiro atoms. The lowest BCUT2D eigenvalue weighted by molar-refractivity contribution is 0.972. The molecule has 2 aromatic rings. The largest absolute Gasteiger partial charge is 0.394 e. The van der Waals surface area contributed by atoms with Crippen LogP contribution in [0.25, 0.3) is 0 Å². The molecular formula is C8H10N6. The zero-order valence-electron chi connectivity index (χ0n) is 7.44. The predicted octanol–water partition coefficient (Wildman–Crippen LogP) is 0.394. The number of nitrogen functional groups attached to an aromatic ring is 1. The number of nitrogens with one attached hydrogen (secondary N) is 2. The van der Waals surface area contributed by atoms with Gasteiger partial charge in [0, 0.05) is 6.20 Å². The lowest BCUT2D eigenvalue weighted by Crippen LogP contribution is -2.05. The number of rotatable bonds is 3. The van der Waals surface area contributed by atoms with Gasteiger partial charge in [0.05, 0.1) is 24.1 Å². The Kier molecular flexibility index (Phi) is 2.26. The van der Waals surface area contributed by atoms with Crippen molar-refractivity contribution >= 4 is 11.5 Å². The van der Waals surface area contributed by atoms with Crippen LogP contribution in [-0.4, -0.2) is 20.2 Å². The molecule has 14 heavy (non-hydrogen) atoms. The summed E-state index contributed by atoms with van der Waals surface area (Å²) in [5.74, 6) is 0.634. The summed E-state index contributed by atoms with van der Waals surface area (Å²) < 4.78 is 0. The van der Waals surface area contributed by atoms with Crippen molar-refractivity contribution in [3.8, 4) is 0 Å². The number of hydrogen-bond donors (Lipinski definition) is 3. The zero-order chi connectivity index (χ0) is 9.80. The van der Waals surface area contributed by atoms with Crippen LogP contribution in [0.2, 0.25) is 0 Å². The summed E-state index contributed by atoms with van der Waals surface area (Å²) in [6.07, 6.45) is 4.70. The minimum atomic E-state index is 0.534. The molecule has 6 heteroatoms. The van der Waals surface area contributed by atoms with Gasteiger partial charge in [0.25, 0.3) is 0 Å². The molecule has 0 bridgehead atoms. The lowest BCUT2D eigenvalue weighted by atomic mass is 10.4. The van der Waals surface area contributed by atoms with Crippen LogP contribution >= 0.6 is 0 Å². The van der Waals surface area contributed by atoms with E-state index < -0.39 is 0 Å². The Morgan fingerprint density at radius 3 is 3.14 bits per heavy atom. The number of aromatic nitrogens is 4. The fourth-order valence-electron chi connectivity index (χ4n) is 1.05. The third-order valence-corrected chi connectivity index (χ3v) is 1.75. The number of nitrogens with two attached hydrogens (primary N) is 1. The minimum absolute atomic E-state index is 0.534. The molecule has 0 amide bonds. The van der Waals surface area contributed by atoms with Gasteiger partial charge in [-0.2, -0.15) is 5.10 Å². The first-order valence-electron chi connectivity index (χ1n) is 4.14. The van der Waals surface area contributed by atoms with Crippen LogP contribution in [0.5, 0.6) is 0 Å². The zero-order valence-corrected chi connectivity index (χ0v) is 7.44. The number of aromatic amines is 1. The maximum Gasteiger partial charge on any atom is 0.152 e. The molecule has 0 saturated heterocycles. The monoisotopic (exact) mass is 190 g/mol. The SMILES string of the molecule is Nc1cncnc1NCc1ccn[nH]1. The fourth-order valence-corrected chi connectivity index (χ4v) is 1.05. The summed E-state index contributed by atoms with van der Waals surface area (Å²) in [4.78, 5) is 7.79. The second kappa shape index (κ2) is 3.73. The molecule has 0 fully saturated rings. The third kappa shape index (κ3) is 1.79. The summed E-state index contributed by atoms with van der Waals surface area (Å²) in [7, 11) is 0. The number of H-pyrrole nitrogens is 1. The van der Waals surface area contributed by atoms with Gasteiger partial charge in [-0.3, -0.25) is 5.10 Å². The van der Waals surface area contributed by atoms with Gasteiger partial charge in [-0.1, -0.05) is 0 Å². The molecule has 2 rings (SSSR count). The molecule has 0 atom stereocenters. The minimum Gasteiger partial charge on any atom is -0.394 e. The molecule has 0 aromatic carbocycles. The quantitative estimate of drug-likeness (QED) is 0.651. The van der Waals surface area contributed by atoms with E-state index in [0.29, 0.717) is 18.1 Å². The summed E-state index contributed by atoms with van der Waals surface area (Å²) in [6, 6.07) is 1.88. The van der Waals surface area contributed by atoms with Gasteiger partial charge in [0.15, 0.2) is 5.82 Å². The van der Waals surface area contributed by atoms with E-state index in [-0.39, 0.29) is 0 Å². The Bertz CT molecular complexity index is 396. The predicted molar refractivity (Wildman–Crippen MR) is 52.4 cm³/mol. The van der Waals surface area contributed by atoms with E-state index in [9.17, 15) is 0 Å². The van der Waals surface area contributed by atoms with Gasteiger partial charge in [-0.05, 0) is 6.07 Å². The van der Waals surface area contributed by atoms with Crippen LogP contribution in [0.15, 0.2) is 24.8 Å². The lowest BCUT2D eigenvalue weighted by Gasteiger charge is -2.05. The first-order valence-corrected chi connectivity index (χ1v) is 4.14. The first-order chi connectivity index (χ1) is 6.86. The van der Waals surface area contributed by atoms with Crippen molar-refractivity contribution in [1.82, 2.24) is 20.2 Å². The van der Waals surface area contributed by atoms with E-state index in [1.165, 1.54) is 6.33 Å². The Balaban J connectivity index is 2.02. The van der Waals surface area contributed by atoms with E-state index in [4.69, 9.17) is 5.73 Å². The van der Waals surface area contributed by atoms with Crippen LogP contribution in [0.1, 0.15) is 5.69 Å². The van der Waals surface area contributed by atoms with Gasteiger partial charge in [0.1, 0.15) is 6.33 Å². The second-order valence-corrected chi connectivity index (χ2v) is 2.76. The van der Waals surface area contributed by atoms with Crippen LogP contribution in [0.4, 0.5) is 11.5 Å². The summed E-state index contributed by atoms with van der Waals surface area (Å²) in [6.45, 7) is 0.612. The highest BCUT2D eigenvalue weighted by atomic mass is 15.1. The Morgan fingerprint density at radius 1 is 1.50 bits per heavy atom. The molecular weight excluding hydrogens is 180 g/mol. The summed E-state index contributed by atoms with van der Waals surface area (Å²) >= 11 is 0. The average Bonchev–Trinajstić information content (AvgIpc) is 2.69. The first kappa shape index (κ1) is 8.49. The van der Waals surface area contributed by atoms with Crippen molar-refractivity contribution in [3.05, 3.63) is 30.5 Å². The smallest absolute Gasteiger partial charge is 0.152 e. The van der Waals surface area contributed by atoms with Crippen molar-refractivity contribution in [1.29, 1.82) is 0 Å². The highest BCUT2D eigenvalue weighted by molar-refractivity contribution is 5.58. The standard InChI is InChI=1S/C8H10N6/c9-7-4-10-5-12-8(7)11-3-6-1-2-13-14-6/h1-2,4-5H,3,9H2,(H,13,14)(H,10,11,12). The molecule has 0 radical (unpaired) electrons. The number of nitrogens with zero attached hydrogens (tertiary/aromatic N) is 3. The van der Waals surface area contributed by atoms with E-state index in [0.717, 1.165) is 5.69 Å². The summed E-state index contributed by atoms with van der Waals surface area (Å²) in [5.41, 5.74) is 7.16. The Labute approximate surface area is 80.6 Å². The van der Waals surface area contributed by atoms with Crippen LogP contribution in [0.3, 0.4) is 0 Å². The van der Waals surface area contributed by atoms with Crippen molar-refractivity contribution in [3.63, 3.8) is 0 Å². The van der Waals surface area contributed by atoms with Gasteiger partial charge in [-0.15, -0.1) is 0 Å². The topological polar surface area (TPSA) is 92.5 Å². The van der Waals surface area contributed by atoms with Crippen molar-refractivity contribution in [2.75, 3.05) is 11.1 Å². The number of anilines is 2. The van der Waals surface area contributed by atoms with E-state index >= 15 is 0 Å². The summed E-state index contributed by atoms with van der Waals surface area (Å²) in [5, 5.41) is 9.73. The van der Waals surface area contributed by atoms with Gasteiger partial charge >= 0.3 is 0 Å². The van der Waals surface area contributed by atoms with E-state index in [1.54, 1.807) is 12.4 Å². The van der Waals surface area contributed by atoms with Crippen LogP contribution in [-0.2, 0) is 6.54 Å². The Morgan fingerprint density at radius 2 is 2.43 bits per heavy atom. The average molecular weight is 190 g/mol. The molecule has 2 heterocycles. The van der Waals surface area contributed by atoms with E-state index in [2.05, 4.69) is 25.5 Å². The fraction of sp³-hybridized carbons (Fsp3) is 0.125. The molecule has 0 unspecified atom stereocenters. The van der Waals surface area contributed by atoms with Gasteiger partial charge in [-0.25, -0.2) is 9.97 Å². The third-order valence-electron chi connectivity index (χ3n) is 1.75.